The number of nitro benzene ring substituents is 1. The Hall–Kier alpha value is -8.84. The van der Waals surface area contributed by atoms with Crippen LogP contribution in [0.5, 0.6) is 11.5 Å². The molecule has 0 aliphatic carbocycles. The SMILES string of the molecule is O=[N+]([O-])c1cc[c]([Ge]23[c]4c5ccc6c4N(c4ccccc4N6c4ccccc4)c4[c]2c(cc2c6ccccc6p(-c6ccccc6)c42)Oc2cc4c6ccccc6p(-c6ccccc6)c4c([c]23)N5c2ccccc2)cc1. The van der Waals surface area contributed by atoms with Crippen molar-refractivity contribution in [1.29, 1.82) is 0 Å². The van der Waals surface area contributed by atoms with Crippen LogP contribution in [0.4, 0.5) is 56.9 Å². The van der Waals surface area contributed by atoms with Crippen LogP contribution in [0.25, 0.3) is 52.6 Å². The third-order valence-electron chi connectivity index (χ3n) is 16.4. The Kier molecular flexibility index (Phi) is 8.73. The van der Waals surface area contributed by atoms with Crippen LogP contribution in [0.1, 0.15) is 0 Å². The van der Waals surface area contributed by atoms with Gasteiger partial charge in [-0.25, -0.2) is 0 Å². The summed E-state index contributed by atoms with van der Waals surface area (Å²) in [5.41, 5.74) is 10.1. The number of rotatable bonds is 6. The maximum atomic E-state index is 12.8. The number of fused-ring (bicyclic) bond motifs is 11. The summed E-state index contributed by atoms with van der Waals surface area (Å²) in [4.78, 5) is 20.2. The molecule has 0 bridgehead atoms. The molecule has 11 aromatic carbocycles. The van der Waals surface area contributed by atoms with Gasteiger partial charge in [0.15, 0.2) is 0 Å². The van der Waals surface area contributed by atoms with Crippen molar-refractivity contribution in [2.75, 3.05) is 14.7 Å². The molecule has 0 radical (unpaired) electrons. The molecule has 0 N–H and O–H groups in total. The summed E-state index contributed by atoms with van der Waals surface area (Å²) < 4.78 is 12.8. The van der Waals surface area contributed by atoms with Gasteiger partial charge in [-0.05, 0) is 0 Å². The van der Waals surface area contributed by atoms with Gasteiger partial charge in [0.1, 0.15) is 0 Å². The van der Waals surface area contributed by atoms with Gasteiger partial charge in [-0.2, -0.15) is 0 Å². The first-order valence-electron chi connectivity index (χ1n) is 25.6. The Bertz CT molecular complexity index is 4640. The van der Waals surface area contributed by atoms with E-state index in [1.54, 1.807) is 12.1 Å². The summed E-state index contributed by atoms with van der Waals surface area (Å²) in [6, 6.07) is 88.1. The number of non-ortho nitro benzene ring substituents is 1. The van der Waals surface area contributed by atoms with Crippen LogP contribution in [-0.2, 0) is 0 Å². The molecule has 3 unspecified atom stereocenters. The zero-order valence-electron chi connectivity index (χ0n) is 40.5. The molecular formula is C66H40GeN4O3P2. The van der Waals surface area contributed by atoms with E-state index in [4.69, 9.17) is 4.74 Å². The Balaban J connectivity index is 1.17. The Morgan fingerprint density at radius 2 is 0.842 bits per heavy atom. The van der Waals surface area contributed by atoms with E-state index >= 15 is 0 Å². The van der Waals surface area contributed by atoms with Crippen LogP contribution in [0.3, 0.4) is 0 Å². The molecule has 6 heterocycles. The second-order valence-corrected chi connectivity index (χ2v) is 31.8. The summed E-state index contributed by atoms with van der Waals surface area (Å²) in [7, 11) is -2.21. The number of benzene rings is 11. The molecule has 0 saturated carbocycles. The maximum absolute atomic E-state index is 12.8. The van der Waals surface area contributed by atoms with Crippen molar-refractivity contribution in [3.05, 3.63) is 253 Å². The first kappa shape index (κ1) is 42.5. The zero-order chi connectivity index (χ0) is 50.0. The standard InChI is InChI=1S/C66H40GeN4O3P2/c72-71(73)44-35-33-41(34-36-44)67-59-53-37-38-54-62(59)70(52-30-16-15-29-51(52)68(54)42-19-5-1-6-20-42)64-61(67)56(40-50-48-28-14-18-32-58(48)76(66(50)64)46-25-11-4-12-26-46)74-55-39-49-47-27-13-17-31-57(47)75(45-23-9-3-10-24-45)65(49)63(60(55)67)69(53)43-21-7-2-8-22-43/h1-40H. The minimum absolute atomic E-state index is 0.0735. The number of hydrogen-bond donors (Lipinski definition) is 0. The summed E-state index contributed by atoms with van der Waals surface area (Å²) in [6.45, 7) is 0. The Labute approximate surface area is 441 Å². The van der Waals surface area contributed by atoms with E-state index in [2.05, 4.69) is 245 Å². The molecule has 0 spiro atoms. The third kappa shape index (κ3) is 5.39. The second kappa shape index (κ2) is 15.6. The minimum atomic E-state index is -4.70. The molecule has 356 valence electrons. The van der Waals surface area contributed by atoms with E-state index in [0.717, 1.165) is 55.7 Å². The first-order valence-corrected chi connectivity index (χ1v) is 32.5. The fraction of sp³-hybridized carbons (Fsp3) is 0. The van der Waals surface area contributed by atoms with Crippen molar-refractivity contribution >= 4 is 145 Å². The van der Waals surface area contributed by atoms with Crippen LogP contribution >= 0.6 is 15.1 Å². The summed E-state index contributed by atoms with van der Waals surface area (Å²) >= 11 is -4.70. The van der Waals surface area contributed by atoms with E-state index in [1.165, 1.54) is 77.2 Å². The molecule has 7 nitrogen and oxygen atoms in total. The Morgan fingerprint density at radius 3 is 1.38 bits per heavy atom. The first-order chi connectivity index (χ1) is 37.6. The predicted molar refractivity (Wildman–Crippen MR) is 320 cm³/mol. The second-order valence-electron chi connectivity index (χ2n) is 20.0. The van der Waals surface area contributed by atoms with Gasteiger partial charge >= 0.3 is 444 Å². The molecule has 10 heteroatoms. The van der Waals surface area contributed by atoms with Crippen molar-refractivity contribution < 1.29 is 9.66 Å². The molecular weight excluding hydrogens is 1030 g/mol. The van der Waals surface area contributed by atoms with Gasteiger partial charge < -0.3 is 0 Å². The number of ether oxygens (including phenoxy) is 1. The van der Waals surface area contributed by atoms with E-state index < -0.39 is 28.3 Å². The predicted octanol–water partition coefficient (Wildman–Crippen LogP) is 17.0. The number of para-hydroxylation sites is 4. The molecule has 0 amide bonds. The number of hydrogen-bond acceptors (Lipinski definition) is 6. The van der Waals surface area contributed by atoms with Crippen LogP contribution in [0, 0.1) is 10.1 Å². The summed E-state index contributed by atoms with van der Waals surface area (Å²) in [5, 5.41) is 25.5. The van der Waals surface area contributed by atoms with Gasteiger partial charge in [-0.3, -0.25) is 0 Å². The Morgan fingerprint density at radius 1 is 0.395 bits per heavy atom. The van der Waals surface area contributed by atoms with Gasteiger partial charge in [-0.1, -0.05) is 0 Å². The van der Waals surface area contributed by atoms with Crippen LogP contribution in [0.15, 0.2) is 243 Å². The average Bonchev–Trinajstić information content (AvgIpc) is 2.92. The van der Waals surface area contributed by atoms with Crippen LogP contribution < -0.4 is 37.0 Å². The zero-order valence-corrected chi connectivity index (χ0v) is 44.4. The summed E-state index contributed by atoms with van der Waals surface area (Å²) in [5.74, 6) is 1.72. The fourth-order valence-corrected chi connectivity index (χ4v) is 31.4. The van der Waals surface area contributed by atoms with E-state index in [-0.39, 0.29) is 10.6 Å². The fourth-order valence-electron chi connectivity index (χ4n) is 13.6. The molecule has 0 saturated heterocycles. The van der Waals surface area contributed by atoms with Gasteiger partial charge in [0, 0.05) is 0 Å². The third-order valence-corrected chi connectivity index (χ3v) is 31.8. The van der Waals surface area contributed by atoms with Crippen LogP contribution in [0.2, 0.25) is 0 Å². The van der Waals surface area contributed by atoms with Crippen molar-refractivity contribution in [2.45, 2.75) is 0 Å². The van der Waals surface area contributed by atoms with Gasteiger partial charge in [-0.15, -0.1) is 0 Å². The quantitative estimate of drug-likeness (QED) is 0.0939. The molecule has 0 fully saturated rings. The van der Waals surface area contributed by atoms with E-state index in [9.17, 15) is 10.1 Å². The van der Waals surface area contributed by atoms with Crippen molar-refractivity contribution in [3.8, 4) is 22.1 Å². The molecule has 3 atom stereocenters. The number of nitro groups is 1. The topological polar surface area (TPSA) is 62.1 Å². The van der Waals surface area contributed by atoms with E-state index in [0.29, 0.717) is 0 Å². The average molecular weight is 1070 g/mol. The van der Waals surface area contributed by atoms with Gasteiger partial charge in [0.05, 0.1) is 0 Å². The monoisotopic (exact) mass is 1070 g/mol. The van der Waals surface area contributed by atoms with Gasteiger partial charge in [0.2, 0.25) is 0 Å². The van der Waals surface area contributed by atoms with Crippen molar-refractivity contribution in [2.24, 2.45) is 0 Å². The molecule has 17 rings (SSSR count). The molecule has 4 aliphatic heterocycles. The molecule has 13 aromatic rings. The molecule has 4 aliphatic rings. The van der Waals surface area contributed by atoms with Crippen LogP contribution in [-0.4, -0.2) is 18.2 Å². The van der Waals surface area contributed by atoms with E-state index in [1.807, 2.05) is 0 Å². The van der Waals surface area contributed by atoms with Crippen molar-refractivity contribution in [3.63, 3.8) is 0 Å². The summed E-state index contributed by atoms with van der Waals surface area (Å²) in [6.07, 6.45) is 0. The molecule has 76 heavy (non-hydrogen) atoms. The van der Waals surface area contributed by atoms with Gasteiger partial charge in [0.25, 0.3) is 0 Å². The number of nitrogens with zero attached hydrogens (tertiary/aromatic N) is 4. The molecule has 2 aromatic heterocycles. The number of anilines is 9. The normalized spacial score (nSPS) is 15.8. The van der Waals surface area contributed by atoms with Crippen molar-refractivity contribution in [1.82, 2.24) is 0 Å².